The Morgan fingerprint density at radius 2 is 1.56 bits per heavy atom. The molecule has 34 heavy (non-hydrogen) atoms. The van der Waals surface area contributed by atoms with Gasteiger partial charge in [0.2, 0.25) is 5.91 Å². The summed E-state index contributed by atoms with van der Waals surface area (Å²) in [5.74, 6) is 0.441. The zero-order valence-corrected chi connectivity index (χ0v) is 20.6. The van der Waals surface area contributed by atoms with Crippen molar-refractivity contribution in [3.63, 3.8) is 0 Å². The number of ether oxygens (including phenoxy) is 1. The molecule has 0 spiro atoms. The quantitative estimate of drug-likeness (QED) is 0.434. The molecule has 0 bridgehead atoms. The van der Waals surface area contributed by atoms with Crippen LogP contribution >= 0.6 is 11.6 Å². The largest absolute Gasteiger partial charge is 0.483 e. The molecule has 0 aliphatic rings. The van der Waals surface area contributed by atoms with Gasteiger partial charge in [0.1, 0.15) is 11.8 Å². The third kappa shape index (κ3) is 6.84. The number of likely N-dealkylation sites (N-methyl/N-ethyl adjacent to an activating group) is 1. The van der Waals surface area contributed by atoms with Gasteiger partial charge in [-0.2, -0.15) is 0 Å². The van der Waals surface area contributed by atoms with Crippen LogP contribution in [0.2, 0.25) is 5.02 Å². The lowest BCUT2D eigenvalue weighted by molar-refractivity contribution is -0.142. The molecule has 6 heteroatoms. The van der Waals surface area contributed by atoms with Crippen LogP contribution in [0.5, 0.6) is 5.75 Å². The average molecular weight is 479 g/mol. The van der Waals surface area contributed by atoms with E-state index >= 15 is 0 Å². The number of hydrogen-bond acceptors (Lipinski definition) is 3. The third-order valence-electron chi connectivity index (χ3n) is 5.68. The van der Waals surface area contributed by atoms with Crippen LogP contribution in [-0.2, 0) is 22.6 Å². The number of benzene rings is 3. The summed E-state index contributed by atoms with van der Waals surface area (Å²) in [6, 6.07) is 24.0. The molecule has 0 fully saturated rings. The van der Waals surface area contributed by atoms with Gasteiger partial charge in [0.05, 0.1) is 0 Å². The number of nitrogens with one attached hydrogen (secondary N) is 1. The first-order valence-corrected chi connectivity index (χ1v) is 11.8. The Bertz CT molecular complexity index is 1080. The van der Waals surface area contributed by atoms with E-state index in [0.29, 0.717) is 17.2 Å². The average Bonchev–Trinajstić information content (AvgIpc) is 2.86. The molecule has 0 aliphatic heterocycles. The number of carbonyl (C=O) groups is 2. The van der Waals surface area contributed by atoms with Gasteiger partial charge in [0, 0.05) is 25.0 Å². The number of rotatable bonds is 10. The number of amides is 2. The smallest absolute Gasteiger partial charge is 0.261 e. The Hall–Kier alpha value is -3.31. The molecule has 1 atom stereocenters. The fraction of sp³-hybridized carbons (Fsp3) is 0.286. The Balaban J connectivity index is 1.88. The van der Waals surface area contributed by atoms with Gasteiger partial charge >= 0.3 is 0 Å². The minimum absolute atomic E-state index is 0.167. The molecule has 0 radical (unpaired) electrons. The highest BCUT2D eigenvalue weighted by molar-refractivity contribution is 6.30. The molecule has 0 saturated heterocycles. The fourth-order valence-electron chi connectivity index (χ4n) is 3.82. The summed E-state index contributed by atoms with van der Waals surface area (Å²) >= 11 is 6.05. The van der Waals surface area contributed by atoms with Crippen LogP contribution < -0.4 is 10.1 Å². The summed E-state index contributed by atoms with van der Waals surface area (Å²) < 4.78 is 5.97. The van der Waals surface area contributed by atoms with E-state index in [2.05, 4.69) is 19.2 Å². The second kappa shape index (κ2) is 12.2. The molecule has 0 heterocycles. The molecular weight excluding hydrogens is 448 g/mol. The number of nitrogens with zero attached hydrogens (tertiary/aromatic N) is 1. The van der Waals surface area contributed by atoms with Gasteiger partial charge in [0.15, 0.2) is 6.61 Å². The van der Waals surface area contributed by atoms with Crippen molar-refractivity contribution in [2.24, 2.45) is 0 Å². The van der Waals surface area contributed by atoms with Crippen molar-refractivity contribution in [1.82, 2.24) is 10.2 Å². The van der Waals surface area contributed by atoms with Gasteiger partial charge in [-0.05, 0) is 40.8 Å². The first-order chi connectivity index (χ1) is 16.4. The molecule has 2 amide bonds. The summed E-state index contributed by atoms with van der Waals surface area (Å²) in [5.41, 5.74) is 2.88. The number of carbonyl (C=O) groups excluding carboxylic acids is 2. The molecule has 178 valence electrons. The second-order valence-corrected chi connectivity index (χ2v) is 8.89. The molecule has 0 saturated carbocycles. The van der Waals surface area contributed by atoms with E-state index < -0.39 is 6.04 Å². The molecule has 0 aromatic heterocycles. The number of halogens is 1. The lowest BCUT2D eigenvalue weighted by atomic mass is 10.0. The molecule has 1 N–H and O–H groups in total. The van der Waals surface area contributed by atoms with Crippen molar-refractivity contribution in [3.8, 4) is 5.75 Å². The van der Waals surface area contributed by atoms with E-state index in [9.17, 15) is 9.59 Å². The molecule has 3 rings (SSSR count). The molecule has 3 aromatic rings. The van der Waals surface area contributed by atoms with Crippen molar-refractivity contribution in [2.75, 3.05) is 13.7 Å². The van der Waals surface area contributed by atoms with Crippen LogP contribution in [0.4, 0.5) is 0 Å². The van der Waals surface area contributed by atoms with Crippen LogP contribution in [0, 0.1) is 0 Å². The standard InChI is InChI=1S/C28H31ClN2O3/c1-20(2)24-11-7-8-12-26(24)34-19-27(32)31(18-22-13-15-23(29)16-14-22)25(28(33)30-3)17-21-9-5-4-6-10-21/h4-16,20,25H,17-19H2,1-3H3,(H,30,33). The Morgan fingerprint density at radius 1 is 0.912 bits per heavy atom. The van der Waals surface area contributed by atoms with Gasteiger partial charge in [-0.25, -0.2) is 0 Å². The summed E-state index contributed by atoms with van der Waals surface area (Å²) in [6.45, 7) is 4.26. The highest BCUT2D eigenvalue weighted by atomic mass is 35.5. The minimum Gasteiger partial charge on any atom is -0.483 e. The molecular formula is C28H31ClN2O3. The van der Waals surface area contributed by atoms with E-state index in [1.165, 1.54) is 0 Å². The summed E-state index contributed by atoms with van der Waals surface area (Å²) in [7, 11) is 1.58. The first-order valence-electron chi connectivity index (χ1n) is 11.4. The van der Waals surface area contributed by atoms with Gasteiger partial charge in [-0.3, -0.25) is 9.59 Å². The van der Waals surface area contributed by atoms with Gasteiger partial charge in [0.25, 0.3) is 5.91 Å². The van der Waals surface area contributed by atoms with E-state index in [0.717, 1.165) is 16.7 Å². The second-order valence-electron chi connectivity index (χ2n) is 8.45. The van der Waals surface area contributed by atoms with Gasteiger partial charge in [-0.1, -0.05) is 86.1 Å². The van der Waals surface area contributed by atoms with E-state index in [-0.39, 0.29) is 30.9 Å². The van der Waals surface area contributed by atoms with Crippen molar-refractivity contribution < 1.29 is 14.3 Å². The van der Waals surface area contributed by atoms with Crippen LogP contribution in [-0.4, -0.2) is 36.4 Å². The molecule has 5 nitrogen and oxygen atoms in total. The summed E-state index contributed by atoms with van der Waals surface area (Å²) in [6.07, 6.45) is 0.391. The molecule has 3 aromatic carbocycles. The van der Waals surface area contributed by atoms with Crippen molar-refractivity contribution in [3.05, 3.63) is 101 Å². The maximum absolute atomic E-state index is 13.5. The highest BCUT2D eigenvalue weighted by Crippen LogP contribution is 2.26. The SMILES string of the molecule is CNC(=O)C(Cc1ccccc1)N(Cc1ccc(Cl)cc1)C(=O)COc1ccccc1C(C)C. The van der Waals surface area contributed by atoms with E-state index in [1.54, 1.807) is 24.1 Å². The lowest BCUT2D eigenvalue weighted by Gasteiger charge is -2.31. The Labute approximate surface area is 206 Å². The maximum atomic E-state index is 13.5. The van der Waals surface area contributed by atoms with E-state index in [1.807, 2.05) is 66.7 Å². The Morgan fingerprint density at radius 3 is 2.21 bits per heavy atom. The van der Waals surface area contributed by atoms with Crippen molar-refractivity contribution in [1.29, 1.82) is 0 Å². The zero-order valence-electron chi connectivity index (χ0n) is 19.8. The predicted octanol–water partition coefficient (Wildman–Crippen LogP) is 5.23. The number of para-hydroxylation sites is 1. The first kappa shape index (κ1) is 25.3. The normalized spacial score (nSPS) is 11.7. The summed E-state index contributed by atoms with van der Waals surface area (Å²) in [5, 5.41) is 3.33. The molecule has 1 unspecified atom stereocenters. The summed E-state index contributed by atoms with van der Waals surface area (Å²) in [4.78, 5) is 28.1. The lowest BCUT2D eigenvalue weighted by Crippen LogP contribution is -2.51. The third-order valence-corrected chi connectivity index (χ3v) is 5.93. The van der Waals surface area contributed by atoms with Crippen LogP contribution in [0.3, 0.4) is 0 Å². The number of hydrogen-bond donors (Lipinski definition) is 1. The Kier molecular flexibility index (Phi) is 9.11. The van der Waals surface area contributed by atoms with Crippen molar-refractivity contribution in [2.45, 2.75) is 38.8 Å². The van der Waals surface area contributed by atoms with Crippen molar-refractivity contribution >= 4 is 23.4 Å². The highest BCUT2D eigenvalue weighted by Gasteiger charge is 2.30. The topological polar surface area (TPSA) is 58.6 Å². The maximum Gasteiger partial charge on any atom is 0.261 e. The molecule has 0 aliphatic carbocycles. The van der Waals surface area contributed by atoms with Crippen LogP contribution in [0.25, 0.3) is 0 Å². The van der Waals surface area contributed by atoms with Crippen LogP contribution in [0.1, 0.15) is 36.5 Å². The van der Waals surface area contributed by atoms with Gasteiger partial charge < -0.3 is 15.0 Å². The van der Waals surface area contributed by atoms with Gasteiger partial charge in [-0.15, -0.1) is 0 Å². The monoisotopic (exact) mass is 478 g/mol. The minimum atomic E-state index is -0.695. The fourth-order valence-corrected chi connectivity index (χ4v) is 3.94. The zero-order chi connectivity index (χ0) is 24.5. The van der Waals surface area contributed by atoms with Crippen LogP contribution in [0.15, 0.2) is 78.9 Å². The van der Waals surface area contributed by atoms with E-state index in [4.69, 9.17) is 16.3 Å². The predicted molar refractivity (Wildman–Crippen MR) is 136 cm³/mol.